The van der Waals surface area contributed by atoms with Crippen molar-refractivity contribution in [1.82, 2.24) is 14.5 Å². The number of aromatic nitrogens is 3. The zero-order valence-corrected chi connectivity index (χ0v) is 14.6. The van der Waals surface area contributed by atoms with Crippen molar-refractivity contribution in [3.8, 4) is 11.1 Å². The molecule has 0 amide bonds. The first kappa shape index (κ1) is 16.1. The van der Waals surface area contributed by atoms with Crippen LogP contribution < -0.4 is 11.3 Å². The molecule has 0 bridgehead atoms. The Bertz CT molecular complexity index is 1140. The Balaban J connectivity index is 1.57. The van der Waals surface area contributed by atoms with Gasteiger partial charge in [-0.15, -0.1) is 0 Å². The van der Waals surface area contributed by atoms with Crippen molar-refractivity contribution in [3.05, 3.63) is 82.4 Å². The number of benzene rings is 2. The van der Waals surface area contributed by atoms with Gasteiger partial charge < -0.3 is 10.7 Å². The van der Waals surface area contributed by atoms with Gasteiger partial charge in [-0.25, -0.2) is 4.98 Å². The molecule has 130 valence electrons. The SMILES string of the molecule is Cn1c(N)nc(CCc2cccc(-c3ccc4[nH]ccc4c3)c2)cc1=O. The van der Waals surface area contributed by atoms with Crippen molar-refractivity contribution >= 4 is 16.9 Å². The Labute approximate surface area is 151 Å². The molecule has 5 heteroatoms. The van der Waals surface area contributed by atoms with E-state index >= 15 is 0 Å². The van der Waals surface area contributed by atoms with Crippen molar-refractivity contribution in [1.29, 1.82) is 0 Å². The average Bonchev–Trinajstić information content (AvgIpc) is 3.12. The second-order valence-electron chi connectivity index (χ2n) is 6.48. The van der Waals surface area contributed by atoms with E-state index in [0.717, 1.165) is 17.6 Å². The van der Waals surface area contributed by atoms with Gasteiger partial charge >= 0.3 is 0 Å². The summed E-state index contributed by atoms with van der Waals surface area (Å²) in [7, 11) is 1.62. The van der Waals surface area contributed by atoms with Crippen LogP contribution in [0.1, 0.15) is 11.3 Å². The van der Waals surface area contributed by atoms with E-state index in [1.165, 1.54) is 26.6 Å². The number of nitrogens with two attached hydrogens (primary N) is 1. The molecule has 2 heterocycles. The minimum atomic E-state index is -0.124. The number of nitrogens with zero attached hydrogens (tertiary/aromatic N) is 2. The van der Waals surface area contributed by atoms with E-state index in [0.29, 0.717) is 6.42 Å². The molecule has 4 aromatic rings. The molecule has 0 fully saturated rings. The Morgan fingerprint density at radius 3 is 2.73 bits per heavy atom. The first-order valence-corrected chi connectivity index (χ1v) is 8.59. The van der Waals surface area contributed by atoms with Gasteiger partial charge in [0.2, 0.25) is 5.95 Å². The number of aryl methyl sites for hydroxylation is 2. The molecular formula is C21H20N4O. The topological polar surface area (TPSA) is 76.7 Å². The van der Waals surface area contributed by atoms with Crippen LogP contribution in [0.4, 0.5) is 5.95 Å². The quantitative estimate of drug-likeness (QED) is 0.596. The van der Waals surface area contributed by atoms with E-state index in [-0.39, 0.29) is 11.5 Å². The van der Waals surface area contributed by atoms with Crippen LogP contribution in [-0.4, -0.2) is 14.5 Å². The van der Waals surface area contributed by atoms with Crippen LogP contribution in [0, 0.1) is 0 Å². The molecule has 26 heavy (non-hydrogen) atoms. The summed E-state index contributed by atoms with van der Waals surface area (Å²) in [5, 5.41) is 1.20. The standard InChI is InChI=1S/C21H20N4O/c1-25-20(26)13-18(24-21(25)22)7-5-14-3-2-4-15(11-14)16-6-8-19-17(12-16)9-10-23-19/h2-4,6,8-13,23H,5,7H2,1H3,(H2,22,24). The van der Waals surface area contributed by atoms with E-state index in [1.807, 2.05) is 6.20 Å². The molecule has 0 atom stereocenters. The number of nitrogen functional groups attached to an aromatic ring is 1. The number of hydrogen-bond donors (Lipinski definition) is 2. The first-order chi connectivity index (χ1) is 12.6. The summed E-state index contributed by atoms with van der Waals surface area (Å²) in [4.78, 5) is 19.3. The summed E-state index contributed by atoms with van der Waals surface area (Å²) in [5.41, 5.74) is 11.1. The number of hydrogen-bond acceptors (Lipinski definition) is 3. The number of aromatic amines is 1. The second-order valence-corrected chi connectivity index (χ2v) is 6.48. The predicted octanol–water partition coefficient (Wildman–Crippen LogP) is 3.30. The zero-order chi connectivity index (χ0) is 18.1. The van der Waals surface area contributed by atoms with Gasteiger partial charge in [-0.05, 0) is 53.1 Å². The fourth-order valence-electron chi connectivity index (χ4n) is 3.15. The Morgan fingerprint density at radius 1 is 1.04 bits per heavy atom. The van der Waals surface area contributed by atoms with Crippen LogP contribution in [-0.2, 0) is 19.9 Å². The van der Waals surface area contributed by atoms with Gasteiger partial charge in [-0.2, -0.15) is 0 Å². The van der Waals surface area contributed by atoms with E-state index in [2.05, 4.69) is 58.5 Å². The van der Waals surface area contributed by atoms with Gasteiger partial charge in [0.15, 0.2) is 0 Å². The highest BCUT2D eigenvalue weighted by atomic mass is 16.1. The Hall–Kier alpha value is -3.34. The minimum Gasteiger partial charge on any atom is -0.369 e. The maximum atomic E-state index is 11.8. The van der Waals surface area contributed by atoms with E-state index in [9.17, 15) is 4.79 Å². The molecule has 5 nitrogen and oxygen atoms in total. The zero-order valence-electron chi connectivity index (χ0n) is 14.6. The third-order valence-electron chi connectivity index (χ3n) is 4.71. The molecule has 0 saturated carbocycles. The van der Waals surface area contributed by atoms with E-state index in [4.69, 9.17) is 5.73 Å². The van der Waals surface area contributed by atoms with Crippen molar-refractivity contribution in [2.75, 3.05) is 5.73 Å². The fourth-order valence-corrected chi connectivity index (χ4v) is 3.15. The molecule has 0 unspecified atom stereocenters. The lowest BCUT2D eigenvalue weighted by atomic mass is 9.99. The molecule has 0 aliphatic carbocycles. The third-order valence-corrected chi connectivity index (χ3v) is 4.71. The molecular weight excluding hydrogens is 324 g/mol. The third kappa shape index (κ3) is 3.11. The highest BCUT2D eigenvalue weighted by Crippen LogP contribution is 2.25. The Kier molecular flexibility index (Phi) is 4.05. The molecule has 0 aliphatic heterocycles. The summed E-state index contributed by atoms with van der Waals surface area (Å²) in [6.07, 6.45) is 3.44. The summed E-state index contributed by atoms with van der Waals surface area (Å²) in [6, 6.07) is 18.5. The second kappa shape index (κ2) is 6.52. The lowest BCUT2D eigenvalue weighted by Crippen LogP contribution is -2.21. The van der Waals surface area contributed by atoms with Gasteiger partial charge in [-0.1, -0.05) is 30.3 Å². The molecule has 0 radical (unpaired) electrons. The maximum absolute atomic E-state index is 11.8. The highest BCUT2D eigenvalue weighted by Gasteiger charge is 2.05. The number of rotatable bonds is 4. The van der Waals surface area contributed by atoms with Crippen LogP contribution in [0.25, 0.3) is 22.0 Å². The maximum Gasteiger partial charge on any atom is 0.254 e. The normalized spacial score (nSPS) is 11.1. The van der Waals surface area contributed by atoms with Crippen molar-refractivity contribution in [3.63, 3.8) is 0 Å². The molecule has 0 saturated heterocycles. The van der Waals surface area contributed by atoms with Gasteiger partial charge in [0, 0.05) is 24.8 Å². The van der Waals surface area contributed by atoms with Gasteiger partial charge in [-0.3, -0.25) is 9.36 Å². The summed E-state index contributed by atoms with van der Waals surface area (Å²) >= 11 is 0. The van der Waals surface area contributed by atoms with Crippen LogP contribution >= 0.6 is 0 Å². The number of H-pyrrole nitrogens is 1. The number of nitrogens with one attached hydrogen (secondary N) is 1. The summed E-state index contributed by atoms with van der Waals surface area (Å²) in [5.74, 6) is 0.251. The van der Waals surface area contributed by atoms with Gasteiger partial charge in [0.1, 0.15) is 0 Å². The molecule has 0 spiro atoms. The summed E-state index contributed by atoms with van der Waals surface area (Å²) < 4.78 is 1.35. The van der Waals surface area contributed by atoms with Gasteiger partial charge in [0.05, 0.1) is 5.69 Å². The minimum absolute atomic E-state index is 0.124. The largest absolute Gasteiger partial charge is 0.369 e. The number of anilines is 1. The van der Waals surface area contributed by atoms with Crippen molar-refractivity contribution in [2.24, 2.45) is 7.05 Å². The molecule has 2 aromatic heterocycles. The van der Waals surface area contributed by atoms with Gasteiger partial charge in [0.25, 0.3) is 5.56 Å². The van der Waals surface area contributed by atoms with Crippen LogP contribution in [0.5, 0.6) is 0 Å². The van der Waals surface area contributed by atoms with E-state index < -0.39 is 0 Å². The van der Waals surface area contributed by atoms with Crippen molar-refractivity contribution in [2.45, 2.75) is 12.8 Å². The smallest absolute Gasteiger partial charge is 0.254 e. The average molecular weight is 344 g/mol. The predicted molar refractivity (Wildman–Crippen MR) is 105 cm³/mol. The molecule has 3 N–H and O–H groups in total. The fraction of sp³-hybridized carbons (Fsp3) is 0.143. The molecule has 0 aliphatic rings. The number of fused-ring (bicyclic) bond motifs is 1. The van der Waals surface area contributed by atoms with Crippen LogP contribution in [0.2, 0.25) is 0 Å². The van der Waals surface area contributed by atoms with Crippen LogP contribution in [0.3, 0.4) is 0 Å². The van der Waals surface area contributed by atoms with E-state index in [1.54, 1.807) is 13.1 Å². The molecule has 4 rings (SSSR count). The lowest BCUT2D eigenvalue weighted by molar-refractivity contribution is 0.806. The monoisotopic (exact) mass is 344 g/mol. The lowest BCUT2D eigenvalue weighted by Gasteiger charge is -2.08. The van der Waals surface area contributed by atoms with Crippen LogP contribution in [0.15, 0.2) is 65.6 Å². The summed E-state index contributed by atoms with van der Waals surface area (Å²) in [6.45, 7) is 0. The van der Waals surface area contributed by atoms with Crippen molar-refractivity contribution < 1.29 is 0 Å². The highest BCUT2D eigenvalue weighted by molar-refractivity contribution is 5.85. The molecule has 2 aromatic carbocycles. The first-order valence-electron chi connectivity index (χ1n) is 8.59. The Morgan fingerprint density at radius 2 is 1.88 bits per heavy atom.